The number of hydrogen-bond acceptors (Lipinski definition) is 3. The van der Waals surface area contributed by atoms with Gasteiger partial charge in [0.25, 0.3) is 0 Å². The van der Waals surface area contributed by atoms with Gasteiger partial charge in [-0.25, -0.2) is 4.79 Å². The quantitative estimate of drug-likeness (QED) is 0.758. The molecule has 1 aromatic heterocycles. The third kappa shape index (κ3) is 5.99. The molecule has 130 valence electrons. The SMILES string of the molecule is CC(C)(C)c1ccc(OCCCNC(=O)NCc2ccco2)cc1. The second-order valence-electron chi connectivity index (χ2n) is 6.67. The first-order valence-corrected chi connectivity index (χ1v) is 8.22. The molecule has 0 spiro atoms. The average Bonchev–Trinajstić information content (AvgIpc) is 3.05. The molecular weight excluding hydrogens is 304 g/mol. The maximum atomic E-state index is 11.6. The summed E-state index contributed by atoms with van der Waals surface area (Å²) in [6, 6.07) is 11.6. The Morgan fingerprint density at radius 1 is 1.12 bits per heavy atom. The predicted octanol–water partition coefficient (Wildman–Crippen LogP) is 3.85. The predicted molar refractivity (Wildman–Crippen MR) is 94.2 cm³/mol. The van der Waals surface area contributed by atoms with E-state index in [-0.39, 0.29) is 11.4 Å². The van der Waals surface area contributed by atoms with E-state index in [1.807, 2.05) is 18.2 Å². The fourth-order valence-electron chi connectivity index (χ4n) is 2.16. The van der Waals surface area contributed by atoms with Gasteiger partial charge in [0.2, 0.25) is 0 Å². The number of hydrogen-bond donors (Lipinski definition) is 2. The number of carbonyl (C=O) groups is 1. The summed E-state index contributed by atoms with van der Waals surface area (Å²) in [6.07, 6.45) is 2.33. The van der Waals surface area contributed by atoms with Gasteiger partial charge in [-0.15, -0.1) is 0 Å². The van der Waals surface area contributed by atoms with E-state index in [0.717, 1.165) is 17.9 Å². The molecule has 0 aliphatic rings. The highest BCUT2D eigenvalue weighted by Crippen LogP contribution is 2.24. The molecule has 0 saturated carbocycles. The van der Waals surface area contributed by atoms with Gasteiger partial charge in [0.05, 0.1) is 19.4 Å². The summed E-state index contributed by atoms with van der Waals surface area (Å²) >= 11 is 0. The Bertz CT molecular complexity index is 613. The zero-order chi connectivity index (χ0) is 17.4. The number of furan rings is 1. The first-order valence-electron chi connectivity index (χ1n) is 8.22. The van der Waals surface area contributed by atoms with Gasteiger partial charge < -0.3 is 19.8 Å². The third-order valence-corrected chi connectivity index (χ3v) is 3.60. The van der Waals surface area contributed by atoms with Crippen LogP contribution in [0.5, 0.6) is 5.75 Å². The largest absolute Gasteiger partial charge is 0.494 e. The topological polar surface area (TPSA) is 63.5 Å². The molecule has 2 N–H and O–H groups in total. The van der Waals surface area contributed by atoms with Crippen LogP contribution in [-0.4, -0.2) is 19.2 Å². The molecule has 0 radical (unpaired) electrons. The molecule has 2 amide bonds. The highest BCUT2D eigenvalue weighted by Gasteiger charge is 2.12. The van der Waals surface area contributed by atoms with Crippen molar-refractivity contribution in [1.29, 1.82) is 0 Å². The van der Waals surface area contributed by atoms with Gasteiger partial charge in [-0.3, -0.25) is 0 Å². The summed E-state index contributed by atoms with van der Waals surface area (Å²) < 4.78 is 10.8. The minimum atomic E-state index is -0.207. The summed E-state index contributed by atoms with van der Waals surface area (Å²) in [5, 5.41) is 5.52. The van der Waals surface area contributed by atoms with Crippen molar-refractivity contribution in [2.24, 2.45) is 0 Å². The first-order chi connectivity index (χ1) is 11.4. The normalized spacial score (nSPS) is 11.1. The molecule has 0 unspecified atom stereocenters. The van der Waals surface area contributed by atoms with Crippen LogP contribution in [0, 0.1) is 0 Å². The molecule has 0 aliphatic heterocycles. The Labute approximate surface area is 143 Å². The van der Waals surface area contributed by atoms with Gasteiger partial charge in [-0.2, -0.15) is 0 Å². The second kappa shape index (κ2) is 8.43. The highest BCUT2D eigenvalue weighted by molar-refractivity contribution is 5.73. The Hall–Kier alpha value is -2.43. The summed E-state index contributed by atoms with van der Waals surface area (Å²) in [7, 11) is 0. The standard InChI is InChI=1S/C19H26N2O3/c1-19(2,3)15-7-9-16(10-8-15)23-13-5-11-20-18(22)21-14-17-6-4-12-24-17/h4,6-10,12H,5,11,13-14H2,1-3H3,(H2,20,21,22). The molecule has 0 fully saturated rings. The van der Waals surface area contributed by atoms with Crippen LogP contribution in [0.1, 0.15) is 38.5 Å². The fraction of sp³-hybridized carbons (Fsp3) is 0.421. The number of rotatable bonds is 7. The van der Waals surface area contributed by atoms with Gasteiger partial charge in [0.15, 0.2) is 0 Å². The van der Waals surface area contributed by atoms with E-state index < -0.39 is 0 Å². The third-order valence-electron chi connectivity index (χ3n) is 3.60. The zero-order valence-electron chi connectivity index (χ0n) is 14.6. The molecule has 5 heteroatoms. The molecule has 0 atom stereocenters. The van der Waals surface area contributed by atoms with Crippen molar-refractivity contribution < 1.29 is 13.9 Å². The minimum Gasteiger partial charge on any atom is -0.494 e. The smallest absolute Gasteiger partial charge is 0.315 e. The van der Waals surface area contributed by atoms with Crippen LogP contribution in [0.3, 0.4) is 0 Å². The van der Waals surface area contributed by atoms with E-state index in [4.69, 9.17) is 9.15 Å². The number of carbonyl (C=O) groups excluding carboxylic acids is 1. The monoisotopic (exact) mass is 330 g/mol. The highest BCUT2D eigenvalue weighted by atomic mass is 16.5. The molecule has 24 heavy (non-hydrogen) atoms. The molecule has 0 bridgehead atoms. The van der Waals surface area contributed by atoms with E-state index >= 15 is 0 Å². The molecule has 0 aliphatic carbocycles. The molecule has 2 rings (SSSR count). The number of benzene rings is 1. The number of amides is 2. The lowest BCUT2D eigenvalue weighted by Gasteiger charge is -2.19. The second-order valence-corrected chi connectivity index (χ2v) is 6.67. The summed E-state index contributed by atoms with van der Waals surface area (Å²) in [5.41, 5.74) is 1.43. The van der Waals surface area contributed by atoms with Crippen molar-refractivity contribution in [1.82, 2.24) is 10.6 Å². The van der Waals surface area contributed by atoms with E-state index in [1.165, 1.54) is 5.56 Å². The maximum Gasteiger partial charge on any atom is 0.315 e. The lowest BCUT2D eigenvalue weighted by Crippen LogP contribution is -2.35. The zero-order valence-corrected chi connectivity index (χ0v) is 14.6. The van der Waals surface area contributed by atoms with Gasteiger partial charge in [0.1, 0.15) is 11.5 Å². The van der Waals surface area contributed by atoms with Crippen molar-refractivity contribution in [2.75, 3.05) is 13.2 Å². The molecule has 5 nitrogen and oxygen atoms in total. The molecule has 1 heterocycles. The Morgan fingerprint density at radius 2 is 1.88 bits per heavy atom. The maximum absolute atomic E-state index is 11.6. The summed E-state index contributed by atoms with van der Waals surface area (Å²) in [6.45, 7) is 8.06. The van der Waals surface area contributed by atoms with E-state index in [9.17, 15) is 4.79 Å². The van der Waals surface area contributed by atoms with Gasteiger partial charge in [-0.1, -0.05) is 32.9 Å². The lowest BCUT2D eigenvalue weighted by atomic mass is 9.87. The molecular formula is C19H26N2O3. The number of nitrogens with one attached hydrogen (secondary N) is 2. The van der Waals surface area contributed by atoms with Crippen molar-refractivity contribution >= 4 is 6.03 Å². The van der Waals surface area contributed by atoms with Crippen molar-refractivity contribution in [3.63, 3.8) is 0 Å². The van der Waals surface area contributed by atoms with Crippen LogP contribution < -0.4 is 15.4 Å². The Kier molecular flexibility index (Phi) is 6.29. The van der Waals surface area contributed by atoms with Crippen molar-refractivity contribution in [3.8, 4) is 5.75 Å². The van der Waals surface area contributed by atoms with Crippen LogP contribution in [0.2, 0.25) is 0 Å². The van der Waals surface area contributed by atoms with Crippen LogP contribution in [-0.2, 0) is 12.0 Å². The number of urea groups is 1. The van der Waals surface area contributed by atoms with Gasteiger partial charge in [0, 0.05) is 6.54 Å². The number of ether oxygens (including phenoxy) is 1. The van der Waals surface area contributed by atoms with Crippen LogP contribution in [0.15, 0.2) is 47.1 Å². The van der Waals surface area contributed by atoms with Crippen molar-refractivity contribution in [2.45, 2.75) is 39.2 Å². The molecule has 0 saturated heterocycles. The van der Waals surface area contributed by atoms with Crippen LogP contribution >= 0.6 is 0 Å². The molecule has 2 aromatic rings. The lowest BCUT2D eigenvalue weighted by molar-refractivity contribution is 0.237. The summed E-state index contributed by atoms with van der Waals surface area (Å²) in [4.78, 5) is 11.6. The van der Waals surface area contributed by atoms with Crippen molar-refractivity contribution in [3.05, 3.63) is 54.0 Å². The molecule has 1 aromatic carbocycles. The summed E-state index contributed by atoms with van der Waals surface area (Å²) in [5.74, 6) is 1.58. The van der Waals surface area contributed by atoms with Crippen LogP contribution in [0.25, 0.3) is 0 Å². The minimum absolute atomic E-state index is 0.144. The average molecular weight is 330 g/mol. The van der Waals surface area contributed by atoms with E-state index in [1.54, 1.807) is 12.3 Å². The first kappa shape index (κ1) is 17.9. The van der Waals surface area contributed by atoms with E-state index in [2.05, 4.69) is 43.5 Å². The fourth-order valence-corrected chi connectivity index (χ4v) is 2.16. The van der Waals surface area contributed by atoms with Crippen LogP contribution in [0.4, 0.5) is 4.79 Å². The van der Waals surface area contributed by atoms with Gasteiger partial charge in [-0.05, 0) is 41.7 Å². The van der Waals surface area contributed by atoms with E-state index in [0.29, 0.717) is 19.7 Å². The Balaban J connectivity index is 1.58. The van der Waals surface area contributed by atoms with Gasteiger partial charge >= 0.3 is 6.03 Å². The Morgan fingerprint density at radius 3 is 2.50 bits per heavy atom.